The Kier molecular flexibility index (Phi) is 3.42. The third-order valence-corrected chi connectivity index (χ3v) is 2.72. The number of hydrogen-bond acceptors (Lipinski definition) is 3. The van der Waals surface area contributed by atoms with Gasteiger partial charge in [0.05, 0.1) is 5.92 Å². The summed E-state index contributed by atoms with van der Waals surface area (Å²) in [5.41, 5.74) is 0. The topological polar surface area (TPSA) is 74.6 Å². The molecule has 13 heavy (non-hydrogen) atoms. The first kappa shape index (κ1) is 10.2. The van der Waals surface area contributed by atoms with Crippen molar-refractivity contribution in [2.45, 2.75) is 31.8 Å². The van der Waals surface area contributed by atoms with Crippen LogP contribution in [-0.4, -0.2) is 28.6 Å². The molecular formula is C9H14O4. The van der Waals surface area contributed by atoms with E-state index < -0.39 is 18.0 Å². The third-order valence-electron chi connectivity index (χ3n) is 2.72. The van der Waals surface area contributed by atoms with Crippen molar-refractivity contribution in [3.05, 3.63) is 0 Å². The van der Waals surface area contributed by atoms with Crippen LogP contribution in [0.2, 0.25) is 0 Å². The fourth-order valence-corrected chi connectivity index (χ4v) is 1.95. The predicted octanol–water partition coefficient (Wildman–Crippen LogP) is 0.437. The van der Waals surface area contributed by atoms with Gasteiger partial charge < -0.3 is 15.0 Å². The molecule has 1 saturated carbocycles. The summed E-state index contributed by atoms with van der Waals surface area (Å²) >= 11 is 0. The molecule has 4 nitrogen and oxygen atoms in total. The number of aliphatic hydroxyl groups excluding tert-OH is 1. The Hall–Kier alpha value is -0.900. The molecule has 2 N–H and O–H groups in total. The van der Waals surface area contributed by atoms with Crippen LogP contribution >= 0.6 is 0 Å². The van der Waals surface area contributed by atoms with Gasteiger partial charge in [-0.3, -0.25) is 0 Å². The van der Waals surface area contributed by atoms with E-state index in [1.807, 2.05) is 0 Å². The molecule has 0 saturated heterocycles. The average molecular weight is 186 g/mol. The number of carboxylic acids is 1. The number of carboxylic acid groups (broad SMARTS) is 1. The molecule has 1 aliphatic carbocycles. The van der Waals surface area contributed by atoms with Gasteiger partial charge in [0.15, 0.2) is 6.10 Å². The minimum Gasteiger partial charge on any atom is -0.479 e. The largest absolute Gasteiger partial charge is 0.479 e. The van der Waals surface area contributed by atoms with Gasteiger partial charge in [0, 0.05) is 0 Å². The van der Waals surface area contributed by atoms with Gasteiger partial charge >= 0.3 is 5.97 Å². The quantitative estimate of drug-likeness (QED) is 0.624. The summed E-state index contributed by atoms with van der Waals surface area (Å²) in [6, 6.07) is 0. The van der Waals surface area contributed by atoms with E-state index in [4.69, 9.17) is 5.11 Å². The van der Waals surface area contributed by atoms with Crippen LogP contribution in [-0.2, 0) is 9.59 Å². The number of rotatable bonds is 4. The molecule has 1 rings (SSSR count). The Balaban J connectivity index is 2.59. The molecule has 1 aliphatic rings. The summed E-state index contributed by atoms with van der Waals surface area (Å²) in [7, 11) is 0. The van der Waals surface area contributed by atoms with Gasteiger partial charge in [-0.05, 0) is 18.8 Å². The fraction of sp³-hybridized carbons (Fsp3) is 0.778. The summed E-state index contributed by atoms with van der Waals surface area (Å²) in [4.78, 5) is 21.1. The molecule has 0 aliphatic heterocycles. The zero-order chi connectivity index (χ0) is 9.84. The molecule has 0 aromatic heterocycles. The second-order valence-corrected chi connectivity index (χ2v) is 3.54. The maximum absolute atomic E-state index is 10.6. The number of carbonyl (C=O) groups excluding carboxylic acids is 1. The van der Waals surface area contributed by atoms with Crippen molar-refractivity contribution in [3.8, 4) is 0 Å². The van der Waals surface area contributed by atoms with Crippen LogP contribution in [0.3, 0.4) is 0 Å². The Labute approximate surface area is 76.6 Å². The van der Waals surface area contributed by atoms with E-state index in [0.717, 1.165) is 25.7 Å². The zero-order valence-corrected chi connectivity index (χ0v) is 7.35. The predicted molar refractivity (Wildman–Crippen MR) is 45.2 cm³/mol. The average Bonchev–Trinajstić information content (AvgIpc) is 2.58. The van der Waals surface area contributed by atoms with Crippen LogP contribution in [0.25, 0.3) is 0 Å². The summed E-state index contributed by atoms with van der Waals surface area (Å²) in [6.07, 6.45) is 2.82. The van der Waals surface area contributed by atoms with E-state index >= 15 is 0 Å². The molecule has 2 unspecified atom stereocenters. The molecule has 0 bridgehead atoms. The highest BCUT2D eigenvalue weighted by Crippen LogP contribution is 2.32. The Morgan fingerprint density at radius 1 is 1.38 bits per heavy atom. The molecule has 74 valence electrons. The molecular weight excluding hydrogens is 172 g/mol. The number of carbonyl (C=O) groups is 2. The van der Waals surface area contributed by atoms with Gasteiger partial charge in [-0.2, -0.15) is 0 Å². The van der Waals surface area contributed by atoms with E-state index in [-0.39, 0.29) is 5.92 Å². The fourth-order valence-electron chi connectivity index (χ4n) is 1.95. The van der Waals surface area contributed by atoms with Crippen molar-refractivity contribution in [1.29, 1.82) is 0 Å². The highest BCUT2D eigenvalue weighted by Gasteiger charge is 2.33. The van der Waals surface area contributed by atoms with Crippen molar-refractivity contribution < 1.29 is 19.8 Å². The van der Waals surface area contributed by atoms with E-state index in [1.54, 1.807) is 0 Å². The molecule has 2 atom stereocenters. The maximum atomic E-state index is 10.6. The molecule has 0 radical (unpaired) electrons. The van der Waals surface area contributed by atoms with Crippen LogP contribution in [0, 0.1) is 11.8 Å². The van der Waals surface area contributed by atoms with Gasteiger partial charge in [-0.15, -0.1) is 0 Å². The van der Waals surface area contributed by atoms with Crippen molar-refractivity contribution in [3.63, 3.8) is 0 Å². The second-order valence-electron chi connectivity index (χ2n) is 3.54. The number of aliphatic carboxylic acids is 1. The van der Waals surface area contributed by atoms with Crippen LogP contribution in [0.5, 0.6) is 0 Å². The smallest absolute Gasteiger partial charge is 0.333 e. The molecule has 0 aromatic rings. The maximum Gasteiger partial charge on any atom is 0.333 e. The minimum absolute atomic E-state index is 0.0589. The first-order valence-corrected chi connectivity index (χ1v) is 4.53. The third kappa shape index (κ3) is 2.28. The van der Waals surface area contributed by atoms with E-state index in [9.17, 15) is 14.7 Å². The lowest BCUT2D eigenvalue weighted by Crippen LogP contribution is -2.34. The van der Waals surface area contributed by atoms with Crippen molar-refractivity contribution in [2.75, 3.05) is 0 Å². The van der Waals surface area contributed by atoms with Gasteiger partial charge in [0.25, 0.3) is 0 Å². The summed E-state index contributed by atoms with van der Waals surface area (Å²) in [6.45, 7) is 0. The van der Waals surface area contributed by atoms with E-state index in [0.29, 0.717) is 6.29 Å². The highest BCUT2D eigenvalue weighted by molar-refractivity contribution is 5.77. The lowest BCUT2D eigenvalue weighted by molar-refractivity contribution is -0.152. The van der Waals surface area contributed by atoms with Crippen LogP contribution < -0.4 is 0 Å². The molecule has 0 aromatic carbocycles. The Bertz CT molecular complexity index is 196. The van der Waals surface area contributed by atoms with Crippen molar-refractivity contribution in [1.82, 2.24) is 0 Å². The van der Waals surface area contributed by atoms with Gasteiger partial charge in [0.1, 0.15) is 6.29 Å². The molecule has 0 amide bonds. The Morgan fingerprint density at radius 2 is 1.92 bits per heavy atom. The summed E-state index contributed by atoms with van der Waals surface area (Å²) in [5.74, 6) is -1.97. The van der Waals surface area contributed by atoms with E-state index in [1.165, 1.54) is 0 Å². The first-order chi connectivity index (χ1) is 6.16. The lowest BCUT2D eigenvalue weighted by atomic mass is 9.87. The minimum atomic E-state index is -1.53. The zero-order valence-electron chi connectivity index (χ0n) is 7.35. The number of aldehydes is 1. The van der Waals surface area contributed by atoms with Gasteiger partial charge in [-0.1, -0.05) is 12.8 Å². The standard InChI is InChI=1S/C9H14O4/c10-5-7(8(11)9(12)13)6-3-1-2-4-6/h5-8,11H,1-4H2,(H,12,13). The lowest BCUT2D eigenvalue weighted by Gasteiger charge is -2.19. The van der Waals surface area contributed by atoms with Crippen molar-refractivity contribution >= 4 is 12.3 Å². The van der Waals surface area contributed by atoms with Gasteiger partial charge in [0.2, 0.25) is 0 Å². The SMILES string of the molecule is O=CC(C1CCCC1)C(O)C(=O)O. The monoisotopic (exact) mass is 186 g/mol. The highest BCUT2D eigenvalue weighted by atomic mass is 16.4. The van der Waals surface area contributed by atoms with Crippen LogP contribution in [0.1, 0.15) is 25.7 Å². The molecule has 0 heterocycles. The molecule has 1 fully saturated rings. The summed E-state index contributed by atoms with van der Waals surface area (Å²) < 4.78 is 0. The molecule has 0 spiro atoms. The molecule has 4 heteroatoms. The number of hydrogen-bond donors (Lipinski definition) is 2. The summed E-state index contributed by atoms with van der Waals surface area (Å²) in [5, 5.41) is 17.8. The number of aliphatic hydroxyl groups is 1. The van der Waals surface area contributed by atoms with E-state index in [2.05, 4.69) is 0 Å². The van der Waals surface area contributed by atoms with Crippen LogP contribution in [0.4, 0.5) is 0 Å². The first-order valence-electron chi connectivity index (χ1n) is 4.53. The van der Waals surface area contributed by atoms with Gasteiger partial charge in [-0.25, -0.2) is 4.79 Å². The normalized spacial score (nSPS) is 22.5. The second kappa shape index (κ2) is 4.37. The Morgan fingerprint density at radius 3 is 2.31 bits per heavy atom. The van der Waals surface area contributed by atoms with Crippen molar-refractivity contribution in [2.24, 2.45) is 11.8 Å². The van der Waals surface area contributed by atoms with Crippen LogP contribution in [0.15, 0.2) is 0 Å².